The van der Waals surface area contributed by atoms with Crippen molar-refractivity contribution in [2.75, 3.05) is 4.90 Å². The number of rotatable bonds is 6. The van der Waals surface area contributed by atoms with Gasteiger partial charge in [0, 0.05) is 17.5 Å². The maximum Gasteiger partial charge on any atom is 0.288 e. The third-order valence-corrected chi connectivity index (χ3v) is 5.72. The summed E-state index contributed by atoms with van der Waals surface area (Å²) in [6, 6.07) is 9.05. The number of nitro benzene ring substituents is 1. The molecule has 0 aliphatic carbocycles. The molecule has 1 aliphatic heterocycles. The maximum absolute atomic E-state index is 13.2. The van der Waals surface area contributed by atoms with Crippen LogP contribution in [-0.2, 0) is 20.8 Å². The molecular weight excluding hydrogens is 464 g/mol. The fraction of sp³-hybridized carbons (Fsp3) is 0.304. The predicted molar refractivity (Wildman–Crippen MR) is 124 cm³/mol. The van der Waals surface area contributed by atoms with Gasteiger partial charge in [-0.05, 0) is 36.2 Å². The van der Waals surface area contributed by atoms with Crippen molar-refractivity contribution >= 4 is 46.6 Å². The molecule has 3 rings (SSSR count). The molecule has 0 saturated carbocycles. The number of carbonyl (C=O) groups excluding carboxylic acids is 4. The SMILES string of the molecule is CCc1ccc(N2C(=O)CC(N(NC(=O)c3ccc(Cl)c([N+](=O)[O-])c3)C(=O)C(C)C)C2=O)cc1. The van der Waals surface area contributed by atoms with Crippen LogP contribution in [0.2, 0.25) is 5.02 Å². The Bertz CT molecular complexity index is 1160. The maximum atomic E-state index is 13.2. The third kappa shape index (κ3) is 4.91. The Labute approximate surface area is 200 Å². The van der Waals surface area contributed by atoms with Crippen LogP contribution in [0, 0.1) is 16.0 Å². The van der Waals surface area contributed by atoms with Gasteiger partial charge in [-0.3, -0.25) is 34.7 Å². The molecule has 1 atom stereocenters. The Kier molecular flexibility index (Phi) is 7.31. The number of halogens is 1. The number of hydrazine groups is 1. The van der Waals surface area contributed by atoms with Crippen molar-refractivity contribution in [3.8, 4) is 0 Å². The lowest BCUT2D eigenvalue weighted by molar-refractivity contribution is -0.384. The van der Waals surface area contributed by atoms with Crippen LogP contribution >= 0.6 is 11.6 Å². The first-order valence-corrected chi connectivity index (χ1v) is 11.0. The van der Waals surface area contributed by atoms with E-state index in [1.165, 1.54) is 12.1 Å². The normalized spacial score (nSPS) is 15.6. The minimum absolute atomic E-state index is 0.138. The lowest BCUT2D eigenvalue weighted by atomic mass is 10.1. The first-order valence-electron chi connectivity index (χ1n) is 10.6. The van der Waals surface area contributed by atoms with E-state index >= 15 is 0 Å². The highest BCUT2D eigenvalue weighted by Crippen LogP contribution is 2.28. The Morgan fingerprint density at radius 1 is 1.21 bits per heavy atom. The number of nitrogens with one attached hydrogen (secondary N) is 1. The summed E-state index contributed by atoms with van der Waals surface area (Å²) in [7, 11) is 0. The first-order chi connectivity index (χ1) is 16.0. The lowest BCUT2D eigenvalue weighted by Crippen LogP contribution is -2.55. The van der Waals surface area contributed by atoms with E-state index in [1.807, 2.05) is 6.92 Å². The number of hydrogen-bond donors (Lipinski definition) is 1. The third-order valence-electron chi connectivity index (χ3n) is 5.40. The first kappa shape index (κ1) is 24.8. The molecular formula is C23H23ClN4O6. The fourth-order valence-electron chi connectivity index (χ4n) is 3.50. The van der Waals surface area contributed by atoms with Crippen molar-refractivity contribution in [2.24, 2.45) is 5.92 Å². The summed E-state index contributed by atoms with van der Waals surface area (Å²) in [6.07, 6.45) is 0.463. The number of anilines is 1. The van der Waals surface area contributed by atoms with Crippen LogP contribution in [0.5, 0.6) is 0 Å². The van der Waals surface area contributed by atoms with Crippen molar-refractivity contribution in [3.05, 3.63) is 68.7 Å². The average molecular weight is 487 g/mol. The highest BCUT2D eigenvalue weighted by molar-refractivity contribution is 6.32. The molecule has 1 fully saturated rings. The number of carbonyl (C=O) groups is 4. The van der Waals surface area contributed by atoms with Gasteiger partial charge in [0.1, 0.15) is 11.1 Å². The molecule has 4 amide bonds. The highest BCUT2D eigenvalue weighted by Gasteiger charge is 2.45. The predicted octanol–water partition coefficient (Wildman–Crippen LogP) is 3.27. The molecule has 178 valence electrons. The van der Waals surface area contributed by atoms with Crippen molar-refractivity contribution < 1.29 is 24.1 Å². The van der Waals surface area contributed by atoms with Crippen LogP contribution < -0.4 is 10.3 Å². The number of aryl methyl sites for hydroxylation is 1. The summed E-state index contributed by atoms with van der Waals surface area (Å²) in [6.45, 7) is 5.14. The molecule has 0 aromatic heterocycles. The van der Waals surface area contributed by atoms with Crippen LogP contribution in [-0.4, -0.2) is 39.6 Å². The molecule has 1 heterocycles. The van der Waals surface area contributed by atoms with E-state index in [4.69, 9.17) is 11.6 Å². The zero-order valence-corrected chi connectivity index (χ0v) is 19.5. The Morgan fingerprint density at radius 3 is 2.41 bits per heavy atom. The van der Waals surface area contributed by atoms with E-state index in [-0.39, 0.29) is 17.0 Å². The molecule has 2 aromatic carbocycles. The van der Waals surface area contributed by atoms with E-state index in [1.54, 1.807) is 38.1 Å². The van der Waals surface area contributed by atoms with E-state index in [0.717, 1.165) is 28.0 Å². The summed E-state index contributed by atoms with van der Waals surface area (Å²) in [5.74, 6) is -3.24. The van der Waals surface area contributed by atoms with Gasteiger partial charge in [0.25, 0.3) is 17.5 Å². The van der Waals surface area contributed by atoms with Gasteiger partial charge in [-0.25, -0.2) is 9.91 Å². The number of nitro groups is 1. The van der Waals surface area contributed by atoms with Crippen LogP contribution in [0.15, 0.2) is 42.5 Å². The molecule has 10 nitrogen and oxygen atoms in total. The Balaban J connectivity index is 1.90. The molecule has 1 saturated heterocycles. The van der Waals surface area contributed by atoms with Crippen LogP contribution in [0.3, 0.4) is 0 Å². The van der Waals surface area contributed by atoms with E-state index < -0.39 is 46.2 Å². The number of hydrogen-bond acceptors (Lipinski definition) is 6. The Morgan fingerprint density at radius 2 is 1.85 bits per heavy atom. The van der Waals surface area contributed by atoms with Crippen molar-refractivity contribution in [3.63, 3.8) is 0 Å². The number of nitrogens with zero attached hydrogens (tertiary/aromatic N) is 3. The minimum Gasteiger partial charge on any atom is -0.274 e. The van der Waals surface area contributed by atoms with Gasteiger partial charge in [0.2, 0.25) is 11.8 Å². The van der Waals surface area contributed by atoms with Gasteiger partial charge in [0.15, 0.2) is 0 Å². The quantitative estimate of drug-likeness (QED) is 0.379. The molecule has 0 spiro atoms. The van der Waals surface area contributed by atoms with Gasteiger partial charge in [-0.2, -0.15) is 0 Å². The number of benzene rings is 2. The van der Waals surface area contributed by atoms with Crippen LogP contribution in [0.4, 0.5) is 11.4 Å². The lowest BCUT2D eigenvalue weighted by Gasteiger charge is -2.29. The highest BCUT2D eigenvalue weighted by atomic mass is 35.5. The largest absolute Gasteiger partial charge is 0.288 e. The molecule has 0 radical (unpaired) electrons. The molecule has 0 bridgehead atoms. The fourth-order valence-corrected chi connectivity index (χ4v) is 3.69. The molecule has 1 N–H and O–H groups in total. The monoisotopic (exact) mass is 486 g/mol. The second-order valence-corrected chi connectivity index (χ2v) is 8.44. The molecule has 34 heavy (non-hydrogen) atoms. The van der Waals surface area contributed by atoms with Gasteiger partial charge < -0.3 is 0 Å². The number of amides is 4. The summed E-state index contributed by atoms with van der Waals surface area (Å²) in [5.41, 5.74) is 3.14. The average Bonchev–Trinajstić information content (AvgIpc) is 3.10. The van der Waals surface area contributed by atoms with Gasteiger partial charge in [-0.1, -0.05) is 44.5 Å². The zero-order chi connectivity index (χ0) is 25.2. The zero-order valence-electron chi connectivity index (χ0n) is 18.8. The van der Waals surface area contributed by atoms with Crippen molar-refractivity contribution in [1.82, 2.24) is 10.4 Å². The second-order valence-electron chi connectivity index (χ2n) is 8.03. The van der Waals surface area contributed by atoms with Gasteiger partial charge in [-0.15, -0.1) is 0 Å². The second kappa shape index (κ2) is 10.0. The van der Waals surface area contributed by atoms with Gasteiger partial charge in [0.05, 0.1) is 17.0 Å². The van der Waals surface area contributed by atoms with Crippen molar-refractivity contribution in [1.29, 1.82) is 0 Å². The van der Waals surface area contributed by atoms with E-state index in [2.05, 4.69) is 5.43 Å². The van der Waals surface area contributed by atoms with Gasteiger partial charge >= 0.3 is 0 Å². The number of imide groups is 1. The molecule has 1 aliphatic rings. The topological polar surface area (TPSA) is 130 Å². The molecule has 11 heteroatoms. The summed E-state index contributed by atoms with van der Waals surface area (Å²) in [4.78, 5) is 63.1. The summed E-state index contributed by atoms with van der Waals surface area (Å²) >= 11 is 5.80. The molecule has 2 aromatic rings. The van der Waals surface area contributed by atoms with Crippen molar-refractivity contribution in [2.45, 2.75) is 39.7 Å². The van der Waals surface area contributed by atoms with E-state index in [0.29, 0.717) is 5.69 Å². The summed E-state index contributed by atoms with van der Waals surface area (Å²) in [5, 5.41) is 11.8. The summed E-state index contributed by atoms with van der Waals surface area (Å²) < 4.78 is 0. The minimum atomic E-state index is -1.26. The van der Waals surface area contributed by atoms with E-state index in [9.17, 15) is 29.3 Å². The van der Waals surface area contributed by atoms with Crippen LogP contribution in [0.1, 0.15) is 43.1 Å². The van der Waals surface area contributed by atoms with Crippen LogP contribution in [0.25, 0.3) is 0 Å². The standard InChI is InChI=1S/C23H23ClN4O6/c1-4-14-5-8-16(9-6-14)26-20(29)12-19(23(26)32)27(22(31)13(2)3)25-21(30)15-7-10-17(24)18(11-15)28(33)34/h5-11,13,19H,4,12H2,1-3H3,(H,25,30). The smallest absolute Gasteiger partial charge is 0.274 e. The Hall–Kier alpha value is -3.79. The molecule has 1 unspecified atom stereocenters.